The normalized spacial score (nSPS) is 32.1. The van der Waals surface area contributed by atoms with E-state index in [1.165, 1.54) is 11.1 Å². The Hall–Kier alpha value is -2.18. The van der Waals surface area contributed by atoms with Gasteiger partial charge in [0.05, 0.1) is 30.4 Å². The molecule has 3 heterocycles. The van der Waals surface area contributed by atoms with Gasteiger partial charge in [0, 0.05) is 17.0 Å². The van der Waals surface area contributed by atoms with Crippen molar-refractivity contribution in [3.63, 3.8) is 0 Å². The van der Waals surface area contributed by atoms with E-state index < -0.39 is 0 Å². The third-order valence-electron chi connectivity index (χ3n) is 9.44. The summed E-state index contributed by atoms with van der Waals surface area (Å²) in [5.41, 5.74) is 3.40. The highest BCUT2D eigenvalue weighted by Crippen LogP contribution is 2.57. The van der Waals surface area contributed by atoms with Gasteiger partial charge in [0.15, 0.2) is 0 Å². The van der Waals surface area contributed by atoms with E-state index in [1.807, 2.05) is 12.5 Å². The molecule has 2 atom stereocenters. The van der Waals surface area contributed by atoms with Crippen LogP contribution in [0.4, 0.5) is 0 Å². The van der Waals surface area contributed by atoms with Gasteiger partial charge in [0.1, 0.15) is 0 Å². The molecule has 4 fully saturated rings. The number of aromatic nitrogens is 2. The first-order chi connectivity index (χ1) is 16.1. The van der Waals surface area contributed by atoms with Crippen molar-refractivity contribution in [1.82, 2.24) is 20.2 Å². The summed E-state index contributed by atoms with van der Waals surface area (Å²) in [6.07, 6.45) is 13.0. The fourth-order valence-electron chi connectivity index (χ4n) is 7.28. The summed E-state index contributed by atoms with van der Waals surface area (Å²) in [4.78, 5) is 17.8. The van der Waals surface area contributed by atoms with Crippen molar-refractivity contribution in [2.45, 2.75) is 82.4 Å². The number of rotatable bonds is 5. The van der Waals surface area contributed by atoms with E-state index >= 15 is 0 Å². The number of imidazole rings is 1. The van der Waals surface area contributed by atoms with Gasteiger partial charge in [-0.05, 0) is 81.9 Å². The lowest BCUT2D eigenvalue weighted by Crippen LogP contribution is -2.51. The smallest absolute Gasteiger partial charge is 0.226 e. The monoisotopic (exact) mass is 448 g/mol. The standard InChI is InChI=1S/C27H36N4O2/c32-24(16-22-20-4-1-2-5-21(20)23-17-29-18-31(22)23)26-8-3-9-27(12-10-26,13-11-26)25(33)30-19-6-14-28-15-7-19/h1-2,4-5,17-19,22,24,28,32H,3,6-16H2,(H,30,33). The molecule has 3 saturated carbocycles. The Morgan fingerprint density at radius 3 is 2.76 bits per heavy atom. The molecule has 3 aliphatic carbocycles. The van der Waals surface area contributed by atoms with E-state index in [0.717, 1.165) is 76.6 Å². The van der Waals surface area contributed by atoms with Crippen LogP contribution in [-0.2, 0) is 4.79 Å². The average molecular weight is 449 g/mol. The fraction of sp³-hybridized carbons (Fsp3) is 0.630. The molecule has 6 nitrogen and oxygen atoms in total. The van der Waals surface area contributed by atoms with Gasteiger partial charge in [0.25, 0.3) is 0 Å². The van der Waals surface area contributed by atoms with Crippen LogP contribution in [0.1, 0.15) is 75.8 Å². The largest absolute Gasteiger partial charge is 0.392 e. The van der Waals surface area contributed by atoms with Crippen LogP contribution in [-0.4, -0.2) is 45.8 Å². The van der Waals surface area contributed by atoms with Gasteiger partial charge in [-0.25, -0.2) is 4.98 Å². The zero-order valence-electron chi connectivity index (χ0n) is 19.4. The van der Waals surface area contributed by atoms with E-state index in [4.69, 9.17) is 0 Å². The van der Waals surface area contributed by atoms with Gasteiger partial charge >= 0.3 is 0 Å². The van der Waals surface area contributed by atoms with Crippen LogP contribution in [0.5, 0.6) is 0 Å². The summed E-state index contributed by atoms with van der Waals surface area (Å²) in [5, 5.41) is 18.4. The summed E-state index contributed by atoms with van der Waals surface area (Å²) in [5.74, 6) is 0.284. The van der Waals surface area contributed by atoms with Crippen molar-refractivity contribution >= 4 is 5.91 Å². The number of aliphatic hydroxyl groups is 1. The first kappa shape index (κ1) is 21.4. The van der Waals surface area contributed by atoms with Crippen molar-refractivity contribution in [3.8, 4) is 11.3 Å². The van der Waals surface area contributed by atoms with Crippen LogP contribution in [0.2, 0.25) is 0 Å². The Morgan fingerprint density at radius 1 is 1.15 bits per heavy atom. The van der Waals surface area contributed by atoms with E-state index in [1.54, 1.807) is 0 Å². The van der Waals surface area contributed by atoms with Crippen LogP contribution in [0.15, 0.2) is 36.8 Å². The van der Waals surface area contributed by atoms with Crippen molar-refractivity contribution in [3.05, 3.63) is 42.4 Å². The number of piperidine rings is 1. The second-order valence-electron chi connectivity index (χ2n) is 11.0. The second kappa shape index (κ2) is 8.24. The molecule has 1 aromatic heterocycles. The van der Waals surface area contributed by atoms with Crippen LogP contribution >= 0.6 is 0 Å². The fourth-order valence-corrected chi connectivity index (χ4v) is 7.28. The molecule has 1 amide bonds. The molecular formula is C27H36N4O2. The SMILES string of the molecule is O=C(NC1CCNCC1)C12CCCC(C(O)CC3c4ccccc4-c4cncn43)(CC1)CC2. The van der Waals surface area contributed by atoms with Gasteiger partial charge < -0.3 is 20.3 Å². The minimum absolute atomic E-state index is 0.0622. The lowest BCUT2D eigenvalue weighted by Gasteiger charge is -2.45. The Balaban J connectivity index is 1.17. The minimum atomic E-state index is -0.368. The third kappa shape index (κ3) is 3.53. The maximum atomic E-state index is 13.4. The lowest BCUT2D eigenvalue weighted by molar-refractivity contribution is -0.136. The van der Waals surface area contributed by atoms with Gasteiger partial charge in [-0.2, -0.15) is 0 Å². The molecule has 1 aromatic carbocycles. The number of benzene rings is 1. The first-order valence-electron chi connectivity index (χ1n) is 12.9. The predicted octanol–water partition coefficient (Wildman–Crippen LogP) is 3.80. The molecule has 1 saturated heterocycles. The molecule has 2 bridgehead atoms. The third-order valence-corrected chi connectivity index (χ3v) is 9.44. The minimum Gasteiger partial charge on any atom is -0.392 e. The second-order valence-corrected chi connectivity index (χ2v) is 11.0. The van der Waals surface area contributed by atoms with Crippen molar-refractivity contribution in [2.75, 3.05) is 13.1 Å². The van der Waals surface area contributed by atoms with Crippen molar-refractivity contribution in [2.24, 2.45) is 10.8 Å². The molecule has 0 radical (unpaired) electrons. The van der Waals surface area contributed by atoms with E-state index in [2.05, 4.69) is 44.5 Å². The molecule has 0 spiro atoms. The Morgan fingerprint density at radius 2 is 1.94 bits per heavy atom. The number of nitrogens with one attached hydrogen (secondary N) is 2. The first-order valence-corrected chi connectivity index (χ1v) is 12.9. The number of hydrogen-bond acceptors (Lipinski definition) is 4. The Bertz CT molecular complexity index is 1020. The number of nitrogens with zero attached hydrogens (tertiary/aromatic N) is 2. The number of aliphatic hydroxyl groups excluding tert-OH is 1. The molecule has 33 heavy (non-hydrogen) atoms. The molecule has 5 aliphatic rings. The van der Waals surface area contributed by atoms with Gasteiger partial charge in [-0.3, -0.25) is 4.79 Å². The van der Waals surface area contributed by atoms with E-state index in [-0.39, 0.29) is 28.9 Å². The number of amides is 1. The summed E-state index contributed by atoms with van der Waals surface area (Å²) in [6.45, 7) is 1.99. The molecule has 176 valence electrons. The Kier molecular flexibility index (Phi) is 5.33. The zero-order chi connectivity index (χ0) is 22.5. The molecule has 6 heteroatoms. The average Bonchev–Trinajstić information content (AvgIpc) is 3.30. The highest BCUT2D eigenvalue weighted by Gasteiger charge is 2.52. The maximum absolute atomic E-state index is 13.4. The maximum Gasteiger partial charge on any atom is 0.226 e. The summed E-state index contributed by atoms with van der Waals surface area (Å²) in [7, 11) is 0. The molecule has 2 aromatic rings. The molecule has 3 N–H and O–H groups in total. The Labute approximate surface area is 196 Å². The van der Waals surface area contributed by atoms with Crippen molar-refractivity contribution in [1.29, 1.82) is 0 Å². The summed E-state index contributed by atoms with van der Waals surface area (Å²) < 4.78 is 2.24. The molecule has 2 unspecified atom stereocenters. The van der Waals surface area contributed by atoms with Gasteiger partial charge in [-0.1, -0.05) is 30.7 Å². The number of fused-ring (bicyclic) bond motifs is 7. The number of carbonyl (C=O) groups excluding carboxylic acids is 1. The molecule has 2 aliphatic heterocycles. The van der Waals surface area contributed by atoms with Crippen LogP contribution in [0, 0.1) is 10.8 Å². The quantitative estimate of drug-likeness (QED) is 0.650. The summed E-state index contributed by atoms with van der Waals surface area (Å²) in [6, 6.07) is 8.99. The van der Waals surface area contributed by atoms with Gasteiger partial charge in [-0.15, -0.1) is 0 Å². The van der Waals surface area contributed by atoms with Crippen molar-refractivity contribution < 1.29 is 9.90 Å². The number of hydrogen-bond donors (Lipinski definition) is 3. The topological polar surface area (TPSA) is 79.2 Å². The van der Waals surface area contributed by atoms with E-state index in [0.29, 0.717) is 12.5 Å². The van der Waals surface area contributed by atoms with Crippen LogP contribution in [0.3, 0.4) is 0 Å². The molecular weight excluding hydrogens is 412 g/mol. The van der Waals surface area contributed by atoms with E-state index in [9.17, 15) is 9.90 Å². The zero-order valence-corrected chi connectivity index (χ0v) is 19.4. The van der Waals surface area contributed by atoms with Crippen LogP contribution < -0.4 is 10.6 Å². The van der Waals surface area contributed by atoms with Crippen LogP contribution in [0.25, 0.3) is 11.3 Å². The highest BCUT2D eigenvalue weighted by molar-refractivity contribution is 5.83. The predicted molar refractivity (Wildman–Crippen MR) is 128 cm³/mol. The lowest BCUT2D eigenvalue weighted by atomic mass is 9.62. The summed E-state index contributed by atoms with van der Waals surface area (Å²) >= 11 is 0. The highest BCUT2D eigenvalue weighted by atomic mass is 16.3. The molecule has 7 rings (SSSR count). The number of carbonyl (C=O) groups is 1. The van der Waals surface area contributed by atoms with Gasteiger partial charge in [0.2, 0.25) is 5.91 Å².